The van der Waals surface area contributed by atoms with Gasteiger partial charge < -0.3 is 37.6 Å². The van der Waals surface area contributed by atoms with Crippen molar-refractivity contribution in [3.63, 3.8) is 0 Å². The van der Waals surface area contributed by atoms with Gasteiger partial charge in [0, 0.05) is 0 Å². The maximum Gasteiger partial charge on any atom is 0.326 e. The van der Waals surface area contributed by atoms with Crippen LogP contribution in [0.3, 0.4) is 0 Å². The summed E-state index contributed by atoms with van der Waals surface area (Å²) >= 11 is 0. The molecule has 0 aliphatic carbocycles. The molecule has 0 aliphatic heterocycles. The summed E-state index contributed by atoms with van der Waals surface area (Å²) in [5, 5.41) is 24.2. The van der Waals surface area contributed by atoms with Crippen LogP contribution in [-0.2, 0) is 28.8 Å². The van der Waals surface area contributed by atoms with Crippen LogP contribution < -0.4 is 27.4 Å². The molecule has 13 nitrogen and oxygen atoms in total. The first-order valence-corrected chi connectivity index (χ1v) is 8.74. The molecule has 0 aromatic heterocycles. The van der Waals surface area contributed by atoms with E-state index in [0.29, 0.717) is 6.42 Å². The Morgan fingerprint density at radius 1 is 0.931 bits per heavy atom. The number of carboxylic acids is 2. The normalized spacial score (nSPS) is 14.6. The number of amides is 4. The van der Waals surface area contributed by atoms with Crippen LogP contribution in [0, 0.1) is 5.92 Å². The van der Waals surface area contributed by atoms with Crippen LogP contribution in [0.15, 0.2) is 0 Å². The molecule has 4 atom stereocenters. The molecule has 164 valence electrons. The van der Waals surface area contributed by atoms with Gasteiger partial charge in [0.2, 0.25) is 23.6 Å². The second-order valence-electron chi connectivity index (χ2n) is 6.42. The SMILES string of the molecule is CCC(C)C(N)C(=O)NC(CC(=O)O)C(=O)NCC(=O)NC(CC(N)=O)C(=O)O. The molecule has 0 saturated heterocycles. The number of aliphatic carboxylic acids is 2. The van der Waals surface area contributed by atoms with Gasteiger partial charge >= 0.3 is 11.9 Å². The van der Waals surface area contributed by atoms with E-state index in [-0.39, 0.29) is 5.92 Å². The van der Waals surface area contributed by atoms with E-state index in [1.807, 2.05) is 5.32 Å². The van der Waals surface area contributed by atoms with Crippen LogP contribution >= 0.6 is 0 Å². The number of hydrogen-bond donors (Lipinski definition) is 7. The minimum atomic E-state index is -1.58. The fourth-order valence-electron chi connectivity index (χ4n) is 2.10. The van der Waals surface area contributed by atoms with Gasteiger partial charge in [-0.15, -0.1) is 0 Å². The zero-order chi connectivity index (χ0) is 22.7. The predicted molar refractivity (Wildman–Crippen MR) is 98.0 cm³/mol. The van der Waals surface area contributed by atoms with E-state index in [9.17, 15) is 28.8 Å². The van der Waals surface area contributed by atoms with Crippen molar-refractivity contribution < 1.29 is 39.0 Å². The summed E-state index contributed by atoms with van der Waals surface area (Å²) in [6.07, 6.45) is -0.827. The zero-order valence-electron chi connectivity index (χ0n) is 16.1. The third kappa shape index (κ3) is 10.0. The maximum atomic E-state index is 12.2. The summed E-state index contributed by atoms with van der Waals surface area (Å²) in [5.74, 6) is -6.70. The molecule has 29 heavy (non-hydrogen) atoms. The molecule has 0 aliphatic rings. The largest absolute Gasteiger partial charge is 0.481 e. The summed E-state index contributed by atoms with van der Waals surface area (Å²) in [7, 11) is 0. The van der Waals surface area contributed by atoms with Crippen molar-refractivity contribution in [2.75, 3.05) is 6.54 Å². The molecule has 4 unspecified atom stereocenters. The molecule has 0 fully saturated rings. The third-order valence-corrected chi connectivity index (χ3v) is 4.03. The highest BCUT2D eigenvalue weighted by Crippen LogP contribution is 2.06. The van der Waals surface area contributed by atoms with Gasteiger partial charge in [-0.3, -0.25) is 24.0 Å². The van der Waals surface area contributed by atoms with Gasteiger partial charge in [-0.1, -0.05) is 20.3 Å². The first-order chi connectivity index (χ1) is 13.4. The Balaban J connectivity index is 4.91. The lowest BCUT2D eigenvalue weighted by molar-refractivity contribution is -0.143. The molecule has 0 bridgehead atoms. The molecule has 0 aromatic rings. The molecule has 0 heterocycles. The van der Waals surface area contributed by atoms with Gasteiger partial charge in [0.15, 0.2) is 0 Å². The maximum absolute atomic E-state index is 12.2. The zero-order valence-corrected chi connectivity index (χ0v) is 16.1. The highest BCUT2D eigenvalue weighted by Gasteiger charge is 2.28. The Labute approximate surface area is 166 Å². The number of rotatable bonds is 13. The number of primary amides is 1. The fraction of sp³-hybridized carbons (Fsp3) is 0.625. The van der Waals surface area contributed by atoms with E-state index in [1.165, 1.54) is 0 Å². The summed E-state index contributed by atoms with van der Waals surface area (Å²) in [4.78, 5) is 68.8. The highest BCUT2D eigenvalue weighted by atomic mass is 16.4. The minimum absolute atomic E-state index is 0.215. The van der Waals surface area contributed by atoms with Crippen LogP contribution in [-0.4, -0.2) is 70.5 Å². The fourth-order valence-corrected chi connectivity index (χ4v) is 2.10. The topological polar surface area (TPSA) is 231 Å². The van der Waals surface area contributed by atoms with Crippen molar-refractivity contribution in [1.82, 2.24) is 16.0 Å². The Hall–Kier alpha value is -3.22. The van der Waals surface area contributed by atoms with E-state index in [4.69, 9.17) is 21.7 Å². The molecule has 0 spiro atoms. The van der Waals surface area contributed by atoms with Crippen molar-refractivity contribution in [2.24, 2.45) is 17.4 Å². The van der Waals surface area contributed by atoms with Gasteiger partial charge in [-0.2, -0.15) is 0 Å². The minimum Gasteiger partial charge on any atom is -0.481 e. The second kappa shape index (κ2) is 12.3. The first kappa shape index (κ1) is 25.8. The van der Waals surface area contributed by atoms with Crippen molar-refractivity contribution in [2.45, 2.75) is 51.2 Å². The third-order valence-electron chi connectivity index (χ3n) is 4.03. The first-order valence-electron chi connectivity index (χ1n) is 8.74. The Morgan fingerprint density at radius 2 is 1.52 bits per heavy atom. The lowest BCUT2D eigenvalue weighted by Gasteiger charge is -2.22. The van der Waals surface area contributed by atoms with E-state index >= 15 is 0 Å². The van der Waals surface area contributed by atoms with Crippen molar-refractivity contribution in [3.05, 3.63) is 0 Å². The molecule has 0 aromatic carbocycles. The molecule has 9 N–H and O–H groups in total. The molecular weight excluding hydrogens is 390 g/mol. The Bertz CT molecular complexity index is 653. The standard InChI is InChI=1S/C16H27N5O8/c1-3-7(2)13(18)15(27)21-8(5-12(24)25)14(26)19-6-11(23)20-9(16(28)29)4-10(17)22/h7-9,13H,3-6,18H2,1-2H3,(H2,17,22)(H,19,26)(H,20,23)(H,21,27)(H,24,25)(H,28,29). The van der Waals surface area contributed by atoms with Crippen molar-refractivity contribution in [3.8, 4) is 0 Å². The molecule has 0 radical (unpaired) electrons. The number of nitrogens with one attached hydrogen (secondary N) is 3. The van der Waals surface area contributed by atoms with Crippen molar-refractivity contribution >= 4 is 35.6 Å². The lowest BCUT2D eigenvalue weighted by Crippen LogP contribution is -2.55. The molecule has 0 rings (SSSR count). The van der Waals surface area contributed by atoms with Gasteiger partial charge in [-0.05, 0) is 5.92 Å². The van der Waals surface area contributed by atoms with Gasteiger partial charge in [0.1, 0.15) is 12.1 Å². The number of carboxylic acid groups (broad SMARTS) is 2. The monoisotopic (exact) mass is 417 g/mol. The number of carbonyl (C=O) groups excluding carboxylic acids is 4. The van der Waals surface area contributed by atoms with E-state index < -0.39 is 73.1 Å². The average Bonchev–Trinajstić information content (AvgIpc) is 2.62. The Morgan fingerprint density at radius 3 is 1.97 bits per heavy atom. The smallest absolute Gasteiger partial charge is 0.326 e. The quantitative estimate of drug-likeness (QED) is 0.160. The summed E-state index contributed by atoms with van der Waals surface area (Å²) in [6.45, 7) is 2.80. The number of nitrogens with two attached hydrogens (primary N) is 2. The molecule has 0 saturated carbocycles. The molecule has 4 amide bonds. The number of hydrogen-bond acceptors (Lipinski definition) is 7. The van der Waals surface area contributed by atoms with E-state index in [1.54, 1.807) is 13.8 Å². The van der Waals surface area contributed by atoms with Crippen LogP contribution in [0.1, 0.15) is 33.1 Å². The number of carbonyl (C=O) groups is 6. The molecular formula is C16H27N5O8. The summed E-state index contributed by atoms with van der Waals surface area (Å²) in [5.41, 5.74) is 10.6. The van der Waals surface area contributed by atoms with E-state index in [2.05, 4.69) is 10.6 Å². The lowest BCUT2D eigenvalue weighted by atomic mass is 9.99. The van der Waals surface area contributed by atoms with Gasteiger partial charge in [0.05, 0.1) is 25.4 Å². The Kier molecular flexibility index (Phi) is 10.9. The second-order valence-corrected chi connectivity index (χ2v) is 6.42. The summed E-state index contributed by atoms with van der Waals surface area (Å²) < 4.78 is 0. The predicted octanol–water partition coefficient (Wildman–Crippen LogP) is -3.12. The van der Waals surface area contributed by atoms with Crippen LogP contribution in [0.25, 0.3) is 0 Å². The average molecular weight is 417 g/mol. The van der Waals surface area contributed by atoms with Gasteiger partial charge in [-0.25, -0.2) is 4.79 Å². The van der Waals surface area contributed by atoms with Crippen molar-refractivity contribution in [1.29, 1.82) is 0 Å². The van der Waals surface area contributed by atoms with Crippen LogP contribution in [0.4, 0.5) is 0 Å². The highest BCUT2D eigenvalue weighted by molar-refractivity contribution is 5.94. The van der Waals surface area contributed by atoms with E-state index in [0.717, 1.165) is 0 Å². The van der Waals surface area contributed by atoms with Crippen LogP contribution in [0.5, 0.6) is 0 Å². The summed E-state index contributed by atoms with van der Waals surface area (Å²) in [6, 6.07) is -4.04. The van der Waals surface area contributed by atoms with Crippen LogP contribution in [0.2, 0.25) is 0 Å². The van der Waals surface area contributed by atoms with Gasteiger partial charge in [0.25, 0.3) is 0 Å². The molecule has 13 heteroatoms.